The lowest BCUT2D eigenvalue weighted by Gasteiger charge is -2.23. The van der Waals surface area contributed by atoms with Gasteiger partial charge in [0.1, 0.15) is 6.20 Å². The van der Waals surface area contributed by atoms with Crippen LogP contribution in [-0.2, 0) is 0 Å². The van der Waals surface area contributed by atoms with Gasteiger partial charge >= 0.3 is 5.69 Å². The average molecular weight is 256 g/mol. The number of nitrogens with zero attached hydrogens (tertiary/aromatic N) is 5. The van der Waals surface area contributed by atoms with Gasteiger partial charge in [-0.05, 0) is 18.5 Å². The number of hydrogen-bond acceptors (Lipinski definition) is 6. The molecule has 0 aliphatic heterocycles. The van der Waals surface area contributed by atoms with Crippen molar-refractivity contribution in [2.45, 2.75) is 19.4 Å². The third-order valence-electron chi connectivity index (χ3n) is 2.30. The Hall–Kier alpha value is -1.94. The molecule has 0 N–H and O–H groups in total. The third-order valence-corrected chi connectivity index (χ3v) is 2.48. The molecule has 17 heavy (non-hydrogen) atoms. The van der Waals surface area contributed by atoms with Crippen LogP contribution in [0.4, 0.5) is 11.5 Å². The van der Waals surface area contributed by atoms with Crippen LogP contribution in [0.25, 0.3) is 0 Å². The van der Waals surface area contributed by atoms with Crippen LogP contribution < -0.4 is 4.90 Å². The molecular formula is C9H10ClN5O2. The van der Waals surface area contributed by atoms with Crippen molar-refractivity contribution in [2.75, 3.05) is 11.9 Å². The molecule has 1 unspecified atom stereocenters. The first kappa shape index (κ1) is 13.1. The van der Waals surface area contributed by atoms with Gasteiger partial charge in [-0.1, -0.05) is 0 Å². The summed E-state index contributed by atoms with van der Waals surface area (Å²) in [4.78, 5) is 19.2. The molecule has 1 aromatic rings. The van der Waals surface area contributed by atoms with Crippen molar-refractivity contribution in [3.63, 3.8) is 0 Å². The predicted molar refractivity (Wildman–Crippen MR) is 61.8 cm³/mol. The van der Waals surface area contributed by atoms with Crippen LogP contribution in [0.2, 0.25) is 5.28 Å². The lowest BCUT2D eigenvalue weighted by atomic mass is 10.2. The Morgan fingerprint density at radius 1 is 1.76 bits per heavy atom. The van der Waals surface area contributed by atoms with Crippen LogP contribution in [0, 0.1) is 21.4 Å². The fourth-order valence-electron chi connectivity index (χ4n) is 1.21. The molecule has 1 rings (SSSR count). The zero-order valence-electron chi connectivity index (χ0n) is 9.29. The molecule has 0 aliphatic rings. The van der Waals surface area contributed by atoms with E-state index in [0.29, 0.717) is 0 Å². The molecule has 0 spiro atoms. The second kappa shape index (κ2) is 5.41. The molecule has 0 radical (unpaired) electrons. The molecule has 7 nitrogen and oxygen atoms in total. The van der Waals surface area contributed by atoms with E-state index >= 15 is 0 Å². The number of hydrogen-bond donors (Lipinski definition) is 0. The Kier molecular flexibility index (Phi) is 4.17. The van der Waals surface area contributed by atoms with Gasteiger partial charge in [-0.15, -0.1) is 0 Å². The van der Waals surface area contributed by atoms with Crippen molar-refractivity contribution in [1.29, 1.82) is 5.26 Å². The van der Waals surface area contributed by atoms with E-state index in [9.17, 15) is 10.1 Å². The standard InChI is InChI=1S/C9H10ClN5O2/c1-6(3-4-11)14(2)8-7(15(16)17)5-12-9(10)13-8/h5-6H,3H2,1-2H3. The molecule has 0 aliphatic carbocycles. The summed E-state index contributed by atoms with van der Waals surface area (Å²) in [6.07, 6.45) is 1.29. The molecular weight excluding hydrogens is 246 g/mol. The molecule has 0 aromatic carbocycles. The number of aromatic nitrogens is 2. The molecule has 1 aromatic heterocycles. The molecule has 0 fully saturated rings. The Labute approximate surface area is 103 Å². The van der Waals surface area contributed by atoms with Crippen molar-refractivity contribution >= 4 is 23.1 Å². The summed E-state index contributed by atoms with van der Waals surface area (Å²) in [5.74, 6) is 0.109. The highest BCUT2D eigenvalue weighted by Crippen LogP contribution is 2.26. The number of rotatable bonds is 4. The van der Waals surface area contributed by atoms with E-state index in [2.05, 4.69) is 9.97 Å². The Balaban J connectivity index is 3.15. The minimum absolute atomic E-state index is 0.0680. The van der Waals surface area contributed by atoms with E-state index in [4.69, 9.17) is 16.9 Å². The van der Waals surface area contributed by atoms with Crippen LogP contribution in [0.3, 0.4) is 0 Å². The maximum Gasteiger partial charge on any atom is 0.329 e. The summed E-state index contributed by atoms with van der Waals surface area (Å²) < 4.78 is 0. The van der Waals surface area contributed by atoms with Gasteiger partial charge in [-0.25, -0.2) is 4.98 Å². The number of nitro groups is 1. The van der Waals surface area contributed by atoms with E-state index in [0.717, 1.165) is 6.20 Å². The van der Waals surface area contributed by atoms with Crippen LogP contribution in [0.5, 0.6) is 0 Å². The van der Waals surface area contributed by atoms with Gasteiger partial charge in [0.15, 0.2) is 0 Å². The van der Waals surface area contributed by atoms with Crippen molar-refractivity contribution < 1.29 is 4.92 Å². The van der Waals surface area contributed by atoms with Crippen LogP contribution in [0.15, 0.2) is 6.20 Å². The van der Waals surface area contributed by atoms with E-state index in [1.807, 2.05) is 6.07 Å². The number of nitriles is 1. The zero-order chi connectivity index (χ0) is 13.0. The lowest BCUT2D eigenvalue weighted by molar-refractivity contribution is -0.384. The predicted octanol–water partition coefficient (Wildman–Crippen LogP) is 1.78. The second-order valence-electron chi connectivity index (χ2n) is 3.43. The lowest BCUT2D eigenvalue weighted by Crippen LogP contribution is -2.30. The topological polar surface area (TPSA) is 96.0 Å². The first-order chi connectivity index (χ1) is 7.97. The summed E-state index contributed by atoms with van der Waals surface area (Å²) >= 11 is 5.61. The minimum Gasteiger partial charge on any atom is -0.350 e. The highest BCUT2D eigenvalue weighted by molar-refractivity contribution is 6.28. The Morgan fingerprint density at radius 3 is 2.94 bits per heavy atom. The molecule has 0 bridgehead atoms. The first-order valence-corrected chi connectivity index (χ1v) is 5.12. The number of anilines is 1. The van der Waals surface area contributed by atoms with Gasteiger partial charge in [-0.3, -0.25) is 10.1 Å². The number of halogens is 1. The van der Waals surface area contributed by atoms with Crippen LogP contribution in [0.1, 0.15) is 13.3 Å². The molecule has 0 amide bonds. The van der Waals surface area contributed by atoms with Crippen LogP contribution in [-0.4, -0.2) is 28.0 Å². The molecule has 8 heteroatoms. The molecule has 0 saturated heterocycles. The highest BCUT2D eigenvalue weighted by atomic mass is 35.5. The van der Waals surface area contributed by atoms with Crippen molar-refractivity contribution in [2.24, 2.45) is 0 Å². The maximum atomic E-state index is 10.8. The van der Waals surface area contributed by atoms with E-state index in [1.165, 1.54) is 4.90 Å². The summed E-state index contributed by atoms with van der Waals surface area (Å²) in [6, 6.07) is 1.79. The quantitative estimate of drug-likeness (QED) is 0.462. The third kappa shape index (κ3) is 3.01. The zero-order valence-corrected chi connectivity index (χ0v) is 10.0. The van der Waals surface area contributed by atoms with E-state index < -0.39 is 4.92 Å². The summed E-state index contributed by atoms with van der Waals surface area (Å²) in [5.41, 5.74) is -0.235. The fraction of sp³-hybridized carbons (Fsp3) is 0.444. The average Bonchev–Trinajstić information content (AvgIpc) is 2.27. The maximum absolute atomic E-state index is 10.8. The Bertz CT molecular complexity index is 473. The van der Waals surface area contributed by atoms with E-state index in [-0.39, 0.29) is 29.3 Å². The van der Waals surface area contributed by atoms with E-state index in [1.54, 1.807) is 14.0 Å². The van der Waals surface area contributed by atoms with Gasteiger partial charge < -0.3 is 4.90 Å². The van der Waals surface area contributed by atoms with Gasteiger partial charge in [0, 0.05) is 13.1 Å². The van der Waals surface area contributed by atoms with Gasteiger partial charge in [-0.2, -0.15) is 10.2 Å². The first-order valence-electron chi connectivity index (χ1n) is 4.74. The van der Waals surface area contributed by atoms with Gasteiger partial charge in [0.2, 0.25) is 11.1 Å². The van der Waals surface area contributed by atoms with Crippen molar-refractivity contribution in [1.82, 2.24) is 9.97 Å². The monoisotopic (exact) mass is 255 g/mol. The molecule has 0 saturated carbocycles. The highest BCUT2D eigenvalue weighted by Gasteiger charge is 2.23. The fourth-order valence-corrected chi connectivity index (χ4v) is 1.34. The molecule has 1 atom stereocenters. The summed E-state index contributed by atoms with van der Waals surface area (Å²) in [7, 11) is 1.62. The van der Waals surface area contributed by atoms with Crippen LogP contribution >= 0.6 is 11.6 Å². The van der Waals surface area contributed by atoms with Gasteiger partial charge in [0.25, 0.3) is 0 Å². The smallest absolute Gasteiger partial charge is 0.329 e. The van der Waals surface area contributed by atoms with Gasteiger partial charge in [0.05, 0.1) is 17.4 Å². The minimum atomic E-state index is -0.582. The summed E-state index contributed by atoms with van der Waals surface area (Å²) in [5, 5.41) is 19.3. The normalized spacial score (nSPS) is 11.6. The molecule has 90 valence electrons. The second-order valence-corrected chi connectivity index (χ2v) is 3.77. The van der Waals surface area contributed by atoms with Crippen molar-refractivity contribution in [3.05, 3.63) is 21.6 Å². The van der Waals surface area contributed by atoms with Crippen molar-refractivity contribution in [3.8, 4) is 6.07 Å². The Morgan fingerprint density at radius 2 is 2.41 bits per heavy atom. The largest absolute Gasteiger partial charge is 0.350 e. The summed E-state index contributed by atoms with van der Waals surface area (Å²) in [6.45, 7) is 1.77. The molecule has 1 heterocycles. The SMILES string of the molecule is CC(CC#N)N(C)c1nc(Cl)ncc1[N+](=O)[O-].